The maximum absolute atomic E-state index is 13.9. The lowest BCUT2D eigenvalue weighted by Gasteiger charge is -2.31. The molecule has 7 heteroatoms. The summed E-state index contributed by atoms with van der Waals surface area (Å²) in [5.74, 6) is -0.517. The number of nitriles is 1. The Bertz CT molecular complexity index is 1100. The molecule has 0 saturated carbocycles. The van der Waals surface area contributed by atoms with Crippen LogP contribution in [0.2, 0.25) is 0 Å². The second-order valence-electron chi connectivity index (χ2n) is 6.51. The van der Waals surface area contributed by atoms with Gasteiger partial charge in [0.2, 0.25) is 5.95 Å². The molecule has 0 unspecified atom stereocenters. The first kappa shape index (κ1) is 17.7. The molecule has 28 heavy (non-hydrogen) atoms. The Morgan fingerprint density at radius 1 is 1.00 bits per heavy atom. The number of rotatable bonds is 3. The van der Waals surface area contributed by atoms with Gasteiger partial charge in [0.1, 0.15) is 22.9 Å². The van der Waals surface area contributed by atoms with Crippen LogP contribution in [0, 0.1) is 23.1 Å². The van der Waals surface area contributed by atoms with Crippen LogP contribution in [0.4, 0.5) is 8.78 Å². The first-order chi connectivity index (χ1) is 13.5. The van der Waals surface area contributed by atoms with E-state index in [4.69, 9.17) is 10.3 Å². The SMILES string of the molecule is C[C@@H]1NC(c2cc(C#N)ccn2)=N[C@]1(c1ccc(F)cc1)c1ccnc(F)c1. The Morgan fingerprint density at radius 3 is 2.46 bits per heavy atom. The van der Waals surface area contributed by atoms with Crippen LogP contribution in [-0.4, -0.2) is 21.8 Å². The highest BCUT2D eigenvalue weighted by molar-refractivity contribution is 5.99. The molecule has 0 fully saturated rings. The Kier molecular flexibility index (Phi) is 4.32. The number of nitrogens with one attached hydrogen (secondary N) is 1. The van der Waals surface area contributed by atoms with E-state index in [-0.39, 0.29) is 11.9 Å². The van der Waals surface area contributed by atoms with Crippen LogP contribution in [0.3, 0.4) is 0 Å². The molecule has 0 radical (unpaired) electrons. The van der Waals surface area contributed by atoms with Gasteiger partial charge < -0.3 is 5.32 Å². The van der Waals surface area contributed by atoms with E-state index < -0.39 is 11.5 Å². The molecule has 1 N–H and O–H groups in total. The van der Waals surface area contributed by atoms with Crippen molar-refractivity contribution in [3.05, 3.63) is 95.1 Å². The third-order valence-electron chi connectivity index (χ3n) is 4.85. The molecule has 5 nitrogen and oxygen atoms in total. The van der Waals surface area contributed by atoms with Crippen LogP contribution < -0.4 is 5.32 Å². The lowest BCUT2D eigenvalue weighted by atomic mass is 9.79. The van der Waals surface area contributed by atoms with Crippen molar-refractivity contribution >= 4 is 5.84 Å². The second-order valence-corrected chi connectivity index (χ2v) is 6.51. The van der Waals surface area contributed by atoms with Crippen LogP contribution in [0.5, 0.6) is 0 Å². The second kappa shape index (κ2) is 6.82. The highest BCUT2D eigenvalue weighted by atomic mass is 19.1. The Balaban J connectivity index is 1.93. The van der Waals surface area contributed by atoms with Gasteiger partial charge in [0.15, 0.2) is 0 Å². The van der Waals surface area contributed by atoms with Gasteiger partial charge in [0.25, 0.3) is 0 Å². The lowest BCUT2D eigenvalue weighted by Crippen LogP contribution is -2.41. The zero-order chi connectivity index (χ0) is 19.7. The third-order valence-corrected chi connectivity index (χ3v) is 4.85. The monoisotopic (exact) mass is 375 g/mol. The standard InChI is InChI=1S/C21H15F2N5/c1-13-21(15-2-4-17(22)5-3-15,16-7-9-26-19(23)11-16)28-20(27-13)18-10-14(12-24)6-8-25-18/h2-11,13H,1H3,(H,27,28)/t13-,21+/m0/s1. The number of hydrogen-bond donors (Lipinski definition) is 1. The Morgan fingerprint density at radius 2 is 1.75 bits per heavy atom. The molecule has 3 aromatic rings. The Labute approximate surface area is 160 Å². The molecule has 0 aliphatic carbocycles. The summed E-state index contributed by atoms with van der Waals surface area (Å²) >= 11 is 0. The molecular weight excluding hydrogens is 360 g/mol. The van der Waals surface area contributed by atoms with E-state index in [0.717, 1.165) is 0 Å². The molecule has 2 aromatic heterocycles. The summed E-state index contributed by atoms with van der Waals surface area (Å²) in [5, 5.41) is 12.4. The summed E-state index contributed by atoms with van der Waals surface area (Å²) in [6.45, 7) is 1.91. The third kappa shape index (κ3) is 2.89. The van der Waals surface area contributed by atoms with Crippen LogP contribution in [0.25, 0.3) is 0 Å². The molecule has 3 heterocycles. The molecular formula is C21H15F2N5. The largest absolute Gasteiger partial charge is 0.363 e. The fourth-order valence-corrected chi connectivity index (χ4v) is 3.52. The fourth-order valence-electron chi connectivity index (χ4n) is 3.52. The number of aromatic nitrogens is 2. The molecule has 0 bridgehead atoms. The number of pyridine rings is 2. The first-order valence-electron chi connectivity index (χ1n) is 8.64. The average Bonchev–Trinajstić information content (AvgIpc) is 3.07. The summed E-state index contributed by atoms with van der Waals surface area (Å²) < 4.78 is 27.5. The summed E-state index contributed by atoms with van der Waals surface area (Å²) in [4.78, 5) is 12.8. The van der Waals surface area contributed by atoms with Crippen molar-refractivity contribution in [3.63, 3.8) is 0 Å². The van der Waals surface area contributed by atoms with Gasteiger partial charge in [-0.05, 0) is 54.4 Å². The zero-order valence-electron chi connectivity index (χ0n) is 14.9. The lowest BCUT2D eigenvalue weighted by molar-refractivity contribution is 0.448. The molecule has 0 spiro atoms. The number of halogens is 2. The maximum atomic E-state index is 13.9. The Hall–Kier alpha value is -3.66. The number of benzene rings is 1. The summed E-state index contributed by atoms with van der Waals surface area (Å²) in [6.07, 6.45) is 2.91. The van der Waals surface area contributed by atoms with E-state index in [1.165, 1.54) is 30.6 Å². The highest BCUT2D eigenvalue weighted by Gasteiger charge is 2.45. The topological polar surface area (TPSA) is 74.0 Å². The summed E-state index contributed by atoms with van der Waals surface area (Å²) in [5.41, 5.74) is 1.24. The quantitative estimate of drug-likeness (QED) is 0.713. The van der Waals surface area contributed by atoms with Gasteiger partial charge in [-0.2, -0.15) is 9.65 Å². The van der Waals surface area contributed by atoms with Crippen LogP contribution in [-0.2, 0) is 5.54 Å². The van der Waals surface area contributed by atoms with Crippen molar-refractivity contribution in [2.24, 2.45) is 4.99 Å². The summed E-state index contributed by atoms with van der Waals surface area (Å²) in [7, 11) is 0. The summed E-state index contributed by atoms with van der Waals surface area (Å²) in [6, 6.07) is 14.0. The minimum absolute atomic E-state index is 0.290. The van der Waals surface area contributed by atoms with E-state index in [1.807, 2.05) is 6.92 Å². The normalized spacial score (nSPS) is 20.9. The minimum Gasteiger partial charge on any atom is -0.363 e. The average molecular weight is 375 g/mol. The molecule has 2 atom stereocenters. The van der Waals surface area contributed by atoms with Gasteiger partial charge in [0.05, 0.1) is 17.7 Å². The van der Waals surface area contributed by atoms with E-state index in [0.29, 0.717) is 28.2 Å². The van der Waals surface area contributed by atoms with Crippen molar-refractivity contribution in [1.29, 1.82) is 5.26 Å². The van der Waals surface area contributed by atoms with E-state index in [2.05, 4.69) is 21.4 Å². The van der Waals surface area contributed by atoms with Gasteiger partial charge >= 0.3 is 0 Å². The molecule has 138 valence electrons. The van der Waals surface area contributed by atoms with Gasteiger partial charge in [-0.3, -0.25) is 4.98 Å². The van der Waals surface area contributed by atoms with Gasteiger partial charge in [0, 0.05) is 12.4 Å². The van der Waals surface area contributed by atoms with Crippen molar-refractivity contribution in [1.82, 2.24) is 15.3 Å². The molecule has 4 rings (SSSR count). The molecule has 1 aliphatic heterocycles. The molecule has 1 aromatic carbocycles. The van der Waals surface area contributed by atoms with Crippen molar-refractivity contribution in [2.75, 3.05) is 0 Å². The van der Waals surface area contributed by atoms with Crippen molar-refractivity contribution in [2.45, 2.75) is 18.5 Å². The van der Waals surface area contributed by atoms with E-state index in [1.54, 1.807) is 30.3 Å². The number of nitrogens with zero attached hydrogens (tertiary/aromatic N) is 4. The minimum atomic E-state index is -1.00. The van der Waals surface area contributed by atoms with Gasteiger partial charge in [-0.1, -0.05) is 12.1 Å². The predicted octanol–water partition coefficient (Wildman–Crippen LogP) is 3.31. The highest BCUT2D eigenvalue weighted by Crippen LogP contribution is 2.40. The van der Waals surface area contributed by atoms with Crippen LogP contribution in [0.15, 0.2) is 65.9 Å². The zero-order valence-corrected chi connectivity index (χ0v) is 14.9. The fraction of sp³-hybridized carbons (Fsp3) is 0.143. The van der Waals surface area contributed by atoms with Gasteiger partial charge in [-0.25, -0.2) is 14.4 Å². The van der Waals surface area contributed by atoms with Crippen molar-refractivity contribution in [3.8, 4) is 6.07 Å². The first-order valence-corrected chi connectivity index (χ1v) is 8.64. The van der Waals surface area contributed by atoms with Crippen LogP contribution >= 0.6 is 0 Å². The number of hydrogen-bond acceptors (Lipinski definition) is 5. The van der Waals surface area contributed by atoms with Gasteiger partial charge in [-0.15, -0.1) is 0 Å². The number of amidine groups is 1. The predicted molar refractivity (Wildman–Crippen MR) is 99.5 cm³/mol. The van der Waals surface area contributed by atoms with Crippen molar-refractivity contribution < 1.29 is 8.78 Å². The van der Waals surface area contributed by atoms with Crippen LogP contribution in [0.1, 0.15) is 29.3 Å². The smallest absolute Gasteiger partial charge is 0.213 e. The molecule has 1 aliphatic rings. The molecule has 0 saturated heterocycles. The van der Waals surface area contributed by atoms with E-state index in [9.17, 15) is 8.78 Å². The maximum Gasteiger partial charge on any atom is 0.213 e. The van der Waals surface area contributed by atoms with E-state index >= 15 is 0 Å². The molecule has 0 amide bonds. The number of aliphatic imine (C=N–C) groups is 1.